The smallest absolute Gasteiger partial charge is 0.115 e. The van der Waals surface area contributed by atoms with Crippen LogP contribution in [0.15, 0.2) is 54.6 Å². The second-order valence-electron chi connectivity index (χ2n) is 5.41. The number of phenols is 1. The van der Waals surface area contributed by atoms with Crippen LogP contribution < -0.4 is 5.32 Å². The Morgan fingerprint density at radius 2 is 1.60 bits per heavy atom. The van der Waals surface area contributed by atoms with Gasteiger partial charge in [0.15, 0.2) is 0 Å². The van der Waals surface area contributed by atoms with Gasteiger partial charge in [0.1, 0.15) is 5.75 Å². The average Bonchev–Trinajstić information content (AvgIpc) is 2.47. The van der Waals surface area contributed by atoms with Crippen LogP contribution in [0.1, 0.15) is 37.4 Å². The molecule has 0 bridgehead atoms. The predicted molar refractivity (Wildman–Crippen MR) is 83.9 cm³/mol. The van der Waals surface area contributed by atoms with E-state index in [2.05, 4.69) is 43.4 Å². The molecule has 2 nitrogen and oxygen atoms in total. The van der Waals surface area contributed by atoms with Crippen LogP contribution in [0.2, 0.25) is 0 Å². The van der Waals surface area contributed by atoms with E-state index in [-0.39, 0.29) is 0 Å². The Kier molecular flexibility index (Phi) is 5.19. The fourth-order valence-corrected chi connectivity index (χ4v) is 2.39. The van der Waals surface area contributed by atoms with E-state index in [0.29, 0.717) is 17.8 Å². The van der Waals surface area contributed by atoms with E-state index in [9.17, 15) is 5.11 Å². The summed E-state index contributed by atoms with van der Waals surface area (Å²) < 4.78 is 0. The highest BCUT2D eigenvalue weighted by atomic mass is 16.3. The highest BCUT2D eigenvalue weighted by molar-refractivity contribution is 5.26. The maximum atomic E-state index is 9.27. The van der Waals surface area contributed by atoms with Gasteiger partial charge in [-0.1, -0.05) is 42.5 Å². The fraction of sp³-hybridized carbons (Fsp3) is 0.333. The number of aryl methyl sites for hydroxylation is 1. The van der Waals surface area contributed by atoms with Crippen molar-refractivity contribution in [3.63, 3.8) is 0 Å². The SMILES string of the molecule is CC(CCc1ccc(O)cc1)NC(C)c1ccccc1. The summed E-state index contributed by atoms with van der Waals surface area (Å²) in [4.78, 5) is 0. The summed E-state index contributed by atoms with van der Waals surface area (Å²) in [5.41, 5.74) is 2.59. The van der Waals surface area contributed by atoms with Crippen LogP contribution >= 0.6 is 0 Å². The van der Waals surface area contributed by atoms with Gasteiger partial charge < -0.3 is 10.4 Å². The molecule has 0 amide bonds. The Morgan fingerprint density at radius 1 is 0.950 bits per heavy atom. The third-order valence-electron chi connectivity index (χ3n) is 3.64. The van der Waals surface area contributed by atoms with Crippen molar-refractivity contribution < 1.29 is 5.11 Å². The van der Waals surface area contributed by atoms with Crippen LogP contribution in [0.4, 0.5) is 0 Å². The Bertz CT molecular complexity index is 507. The minimum Gasteiger partial charge on any atom is -0.508 e. The average molecular weight is 269 g/mol. The molecule has 2 aromatic carbocycles. The van der Waals surface area contributed by atoms with Crippen LogP contribution in [0.3, 0.4) is 0 Å². The van der Waals surface area contributed by atoms with Gasteiger partial charge >= 0.3 is 0 Å². The van der Waals surface area contributed by atoms with E-state index < -0.39 is 0 Å². The topological polar surface area (TPSA) is 32.3 Å². The molecule has 0 fully saturated rings. The van der Waals surface area contributed by atoms with Crippen molar-refractivity contribution in [1.29, 1.82) is 0 Å². The maximum absolute atomic E-state index is 9.27. The third kappa shape index (κ3) is 4.39. The highest BCUT2D eigenvalue weighted by Crippen LogP contribution is 2.15. The zero-order valence-corrected chi connectivity index (χ0v) is 12.2. The van der Waals surface area contributed by atoms with Crippen molar-refractivity contribution in [2.75, 3.05) is 0 Å². The molecule has 20 heavy (non-hydrogen) atoms. The van der Waals surface area contributed by atoms with Gasteiger partial charge in [-0.3, -0.25) is 0 Å². The minimum absolute atomic E-state index is 0.331. The molecule has 0 aliphatic heterocycles. The summed E-state index contributed by atoms with van der Waals surface area (Å²) in [7, 11) is 0. The molecule has 0 saturated heterocycles. The normalized spacial score (nSPS) is 13.9. The highest BCUT2D eigenvalue weighted by Gasteiger charge is 2.09. The largest absolute Gasteiger partial charge is 0.508 e. The number of nitrogens with one attached hydrogen (secondary N) is 1. The zero-order chi connectivity index (χ0) is 14.4. The Morgan fingerprint density at radius 3 is 2.25 bits per heavy atom. The standard InChI is InChI=1S/C18H23NO/c1-14(8-9-16-10-12-18(20)13-11-16)19-15(2)17-6-4-3-5-7-17/h3-7,10-15,19-20H,8-9H2,1-2H3. The maximum Gasteiger partial charge on any atom is 0.115 e. The van der Waals surface area contributed by atoms with Gasteiger partial charge in [0.05, 0.1) is 0 Å². The second-order valence-corrected chi connectivity index (χ2v) is 5.41. The van der Waals surface area contributed by atoms with Crippen molar-refractivity contribution >= 4 is 0 Å². The van der Waals surface area contributed by atoms with Gasteiger partial charge in [0, 0.05) is 12.1 Å². The van der Waals surface area contributed by atoms with E-state index in [1.165, 1.54) is 11.1 Å². The van der Waals surface area contributed by atoms with E-state index >= 15 is 0 Å². The van der Waals surface area contributed by atoms with Crippen molar-refractivity contribution in [1.82, 2.24) is 5.32 Å². The number of hydrogen-bond acceptors (Lipinski definition) is 2. The first-order chi connectivity index (χ1) is 9.65. The van der Waals surface area contributed by atoms with Crippen molar-refractivity contribution in [3.8, 4) is 5.75 Å². The molecular weight excluding hydrogens is 246 g/mol. The molecule has 2 N–H and O–H groups in total. The summed E-state index contributed by atoms with van der Waals surface area (Å²) in [6.07, 6.45) is 2.11. The molecule has 0 heterocycles. The lowest BCUT2D eigenvalue weighted by Crippen LogP contribution is -2.29. The molecule has 0 radical (unpaired) electrons. The van der Waals surface area contributed by atoms with Crippen molar-refractivity contribution in [2.45, 2.75) is 38.8 Å². The molecular formula is C18H23NO. The van der Waals surface area contributed by atoms with Gasteiger partial charge in [-0.05, 0) is 49.9 Å². The van der Waals surface area contributed by atoms with E-state index in [1.54, 1.807) is 12.1 Å². The van der Waals surface area contributed by atoms with Crippen LogP contribution in [0.5, 0.6) is 5.75 Å². The number of phenolic OH excluding ortho intramolecular Hbond substituents is 1. The Hall–Kier alpha value is -1.80. The Labute approximate surface area is 121 Å². The monoisotopic (exact) mass is 269 g/mol. The summed E-state index contributed by atoms with van der Waals surface area (Å²) in [6.45, 7) is 4.42. The first-order valence-corrected chi connectivity index (χ1v) is 7.24. The fourth-order valence-electron chi connectivity index (χ4n) is 2.39. The van der Waals surface area contributed by atoms with Crippen molar-refractivity contribution in [3.05, 3.63) is 65.7 Å². The Balaban J connectivity index is 1.80. The quantitative estimate of drug-likeness (QED) is 0.828. The van der Waals surface area contributed by atoms with Gasteiger partial charge in [-0.25, -0.2) is 0 Å². The summed E-state index contributed by atoms with van der Waals surface area (Å²) in [5, 5.41) is 12.9. The third-order valence-corrected chi connectivity index (χ3v) is 3.64. The van der Waals surface area contributed by atoms with Gasteiger partial charge in [-0.2, -0.15) is 0 Å². The first kappa shape index (κ1) is 14.6. The number of aromatic hydroxyl groups is 1. The predicted octanol–water partition coefficient (Wildman–Crippen LogP) is 4.06. The lowest BCUT2D eigenvalue weighted by atomic mass is 10.0. The number of rotatable bonds is 6. The van der Waals surface area contributed by atoms with E-state index in [0.717, 1.165) is 12.8 Å². The molecule has 2 heteroatoms. The molecule has 2 rings (SSSR count). The summed E-state index contributed by atoms with van der Waals surface area (Å²) in [6, 6.07) is 18.8. The molecule has 2 unspecified atom stereocenters. The lowest BCUT2D eigenvalue weighted by molar-refractivity contribution is 0.456. The molecule has 0 spiro atoms. The minimum atomic E-state index is 0.331. The van der Waals surface area contributed by atoms with Gasteiger partial charge in [0.2, 0.25) is 0 Å². The molecule has 0 aliphatic carbocycles. The van der Waals surface area contributed by atoms with Crippen molar-refractivity contribution in [2.24, 2.45) is 0 Å². The second kappa shape index (κ2) is 7.11. The molecule has 2 aromatic rings. The number of hydrogen-bond donors (Lipinski definition) is 2. The molecule has 2 atom stereocenters. The van der Waals surface area contributed by atoms with Crippen LogP contribution in [0, 0.1) is 0 Å². The number of benzene rings is 2. The van der Waals surface area contributed by atoms with Crippen LogP contribution in [-0.2, 0) is 6.42 Å². The lowest BCUT2D eigenvalue weighted by Gasteiger charge is -2.20. The van der Waals surface area contributed by atoms with Crippen LogP contribution in [0.25, 0.3) is 0 Å². The van der Waals surface area contributed by atoms with E-state index in [1.807, 2.05) is 18.2 Å². The van der Waals surface area contributed by atoms with E-state index in [4.69, 9.17) is 0 Å². The first-order valence-electron chi connectivity index (χ1n) is 7.24. The van der Waals surface area contributed by atoms with Gasteiger partial charge in [0.25, 0.3) is 0 Å². The summed E-state index contributed by atoms with van der Waals surface area (Å²) in [5.74, 6) is 0.331. The molecule has 0 aromatic heterocycles. The summed E-state index contributed by atoms with van der Waals surface area (Å²) >= 11 is 0. The molecule has 0 saturated carbocycles. The molecule has 106 valence electrons. The zero-order valence-electron chi connectivity index (χ0n) is 12.2. The van der Waals surface area contributed by atoms with Crippen LogP contribution in [-0.4, -0.2) is 11.1 Å². The van der Waals surface area contributed by atoms with Gasteiger partial charge in [-0.15, -0.1) is 0 Å². The molecule has 0 aliphatic rings.